The van der Waals surface area contributed by atoms with Gasteiger partial charge >= 0.3 is 17.9 Å². The SMILES string of the molecule is CCC(=O)OC[C@H]1OC(O)[C@H](OC(=O)CC)[C@@H]1OC(=O)CC.NC(=O)c1cccnc1. The van der Waals surface area contributed by atoms with Crippen LogP contribution in [0.3, 0.4) is 0 Å². The number of aliphatic hydroxyl groups excluding tert-OH is 1. The van der Waals surface area contributed by atoms with Gasteiger partial charge in [0.15, 0.2) is 18.5 Å². The van der Waals surface area contributed by atoms with Crippen molar-refractivity contribution in [3.8, 4) is 0 Å². The van der Waals surface area contributed by atoms with Crippen LogP contribution in [0.15, 0.2) is 24.5 Å². The Labute approximate surface area is 179 Å². The normalized spacial score (nSPS) is 21.9. The molecule has 172 valence electrons. The number of nitrogens with two attached hydrogens (primary N) is 1. The van der Waals surface area contributed by atoms with E-state index in [0.717, 1.165) is 0 Å². The van der Waals surface area contributed by atoms with Crippen LogP contribution in [0.5, 0.6) is 0 Å². The number of carbonyl (C=O) groups excluding carboxylic acids is 4. The van der Waals surface area contributed by atoms with Gasteiger partial charge in [-0.3, -0.25) is 24.2 Å². The molecule has 0 saturated carbocycles. The van der Waals surface area contributed by atoms with Gasteiger partial charge in [-0.1, -0.05) is 20.8 Å². The molecule has 0 radical (unpaired) electrons. The second kappa shape index (κ2) is 13.3. The zero-order chi connectivity index (χ0) is 23.4. The summed E-state index contributed by atoms with van der Waals surface area (Å²) in [6.07, 6.45) is -1.09. The van der Waals surface area contributed by atoms with Gasteiger partial charge in [-0.25, -0.2) is 0 Å². The van der Waals surface area contributed by atoms with Crippen molar-refractivity contribution in [3.05, 3.63) is 30.1 Å². The van der Waals surface area contributed by atoms with Crippen LogP contribution in [0.2, 0.25) is 0 Å². The Hall–Kier alpha value is -3.05. The number of rotatable bonds is 8. The molecule has 2 rings (SSSR count). The van der Waals surface area contributed by atoms with Gasteiger partial charge in [0, 0.05) is 31.7 Å². The first kappa shape index (κ1) is 26.0. The van der Waals surface area contributed by atoms with Gasteiger partial charge in [-0.05, 0) is 12.1 Å². The van der Waals surface area contributed by atoms with Crippen LogP contribution in [0, 0.1) is 0 Å². The van der Waals surface area contributed by atoms with Gasteiger partial charge in [0.2, 0.25) is 5.91 Å². The van der Waals surface area contributed by atoms with E-state index in [1.807, 2.05) is 0 Å². The Morgan fingerprint density at radius 2 is 1.61 bits per heavy atom. The summed E-state index contributed by atoms with van der Waals surface area (Å²) in [6.45, 7) is 4.63. The Morgan fingerprint density at radius 1 is 1.03 bits per heavy atom. The number of aliphatic hydroxyl groups is 1. The third-order valence-corrected chi connectivity index (χ3v) is 4.04. The summed E-state index contributed by atoms with van der Waals surface area (Å²) in [4.78, 5) is 48.2. The van der Waals surface area contributed by atoms with Crippen LogP contribution in [-0.4, -0.2) is 65.1 Å². The minimum atomic E-state index is -1.45. The lowest BCUT2D eigenvalue weighted by Gasteiger charge is -2.22. The average molecular weight is 440 g/mol. The van der Waals surface area contributed by atoms with Gasteiger partial charge in [0.1, 0.15) is 12.7 Å². The highest BCUT2D eigenvalue weighted by Gasteiger charge is 2.49. The second-order valence-corrected chi connectivity index (χ2v) is 6.32. The molecule has 11 nitrogen and oxygen atoms in total. The number of ether oxygens (including phenoxy) is 4. The summed E-state index contributed by atoms with van der Waals surface area (Å²) < 4.78 is 20.4. The molecule has 0 aliphatic carbocycles. The van der Waals surface area contributed by atoms with Crippen molar-refractivity contribution < 1.29 is 43.2 Å². The first-order valence-corrected chi connectivity index (χ1v) is 9.81. The van der Waals surface area contributed by atoms with Crippen LogP contribution >= 0.6 is 0 Å². The van der Waals surface area contributed by atoms with Crippen molar-refractivity contribution in [2.24, 2.45) is 5.73 Å². The molecular weight excluding hydrogens is 412 g/mol. The van der Waals surface area contributed by atoms with Crippen LogP contribution in [0.25, 0.3) is 0 Å². The smallest absolute Gasteiger partial charge is 0.306 e. The van der Waals surface area contributed by atoms with Gasteiger partial charge < -0.3 is 29.8 Å². The van der Waals surface area contributed by atoms with E-state index < -0.39 is 48.4 Å². The summed E-state index contributed by atoms with van der Waals surface area (Å²) >= 11 is 0. The number of primary amides is 1. The fraction of sp³-hybridized carbons (Fsp3) is 0.550. The fourth-order valence-corrected chi connectivity index (χ4v) is 2.37. The standard InChI is InChI=1S/C14H22O8.C6H6N2O/c1-4-9(15)19-7-8-12(21-10(16)5-2)13(14(18)20-8)22-11(17)6-3;7-6(9)5-2-1-3-8-4-5/h8,12-14,18H,4-7H2,1-3H3;1-4H,(H2,7,9)/t8-,12-,13-,14?;/m1./s1. The lowest BCUT2D eigenvalue weighted by Crippen LogP contribution is -2.41. The highest BCUT2D eigenvalue weighted by Crippen LogP contribution is 2.26. The Balaban J connectivity index is 0.000000442. The molecule has 31 heavy (non-hydrogen) atoms. The van der Waals surface area contributed by atoms with E-state index in [1.165, 1.54) is 6.20 Å². The van der Waals surface area contributed by atoms with E-state index in [1.54, 1.807) is 39.1 Å². The van der Waals surface area contributed by atoms with E-state index in [2.05, 4.69) is 4.98 Å². The molecule has 4 atom stereocenters. The first-order chi connectivity index (χ1) is 14.7. The van der Waals surface area contributed by atoms with E-state index in [-0.39, 0.29) is 25.9 Å². The molecule has 11 heteroatoms. The third-order valence-electron chi connectivity index (χ3n) is 4.04. The van der Waals surface area contributed by atoms with Gasteiger partial charge in [0.05, 0.1) is 5.56 Å². The maximum atomic E-state index is 11.5. The summed E-state index contributed by atoms with van der Waals surface area (Å²) in [5.41, 5.74) is 5.38. The number of hydrogen-bond donors (Lipinski definition) is 2. The quantitative estimate of drug-likeness (QED) is 0.429. The number of hydrogen-bond acceptors (Lipinski definition) is 10. The Bertz CT molecular complexity index is 741. The van der Waals surface area contributed by atoms with E-state index in [4.69, 9.17) is 24.7 Å². The minimum Gasteiger partial charge on any atom is -0.463 e. The Morgan fingerprint density at radius 3 is 2.06 bits per heavy atom. The van der Waals surface area contributed by atoms with Crippen LogP contribution in [0.1, 0.15) is 50.4 Å². The molecule has 1 amide bonds. The molecular formula is C20H28N2O9. The van der Waals surface area contributed by atoms with Gasteiger partial charge in [-0.2, -0.15) is 0 Å². The predicted molar refractivity (Wildman–Crippen MR) is 105 cm³/mol. The number of amides is 1. The van der Waals surface area contributed by atoms with E-state index >= 15 is 0 Å². The second-order valence-electron chi connectivity index (χ2n) is 6.32. The molecule has 2 heterocycles. The monoisotopic (exact) mass is 440 g/mol. The molecule has 0 aromatic carbocycles. The minimum absolute atomic E-state index is 0.104. The van der Waals surface area contributed by atoms with Crippen LogP contribution in [-0.2, 0) is 33.3 Å². The molecule has 1 aliphatic rings. The summed E-state index contributed by atoms with van der Waals surface area (Å²) in [5.74, 6) is -1.99. The number of nitrogens with zero attached hydrogens (tertiary/aromatic N) is 1. The topological polar surface area (TPSA) is 164 Å². The summed E-state index contributed by atoms with van der Waals surface area (Å²) in [7, 11) is 0. The van der Waals surface area contributed by atoms with Crippen LogP contribution < -0.4 is 5.73 Å². The number of esters is 3. The van der Waals surface area contributed by atoms with Crippen molar-refractivity contribution in [1.29, 1.82) is 0 Å². The molecule has 1 unspecified atom stereocenters. The molecule has 0 bridgehead atoms. The lowest BCUT2D eigenvalue weighted by molar-refractivity contribution is -0.176. The van der Waals surface area contributed by atoms with Gasteiger partial charge in [0.25, 0.3) is 0 Å². The lowest BCUT2D eigenvalue weighted by atomic mass is 10.1. The molecule has 1 saturated heterocycles. The Kier molecular flexibility index (Phi) is 11.1. The highest BCUT2D eigenvalue weighted by molar-refractivity contribution is 5.92. The van der Waals surface area contributed by atoms with Crippen LogP contribution in [0.4, 0.5) is 0 Å². The van der Waals surface area contributed by atoms with Crippen molar-refractivity contribution in [1.82, 2.24) is 4.98 Å². The largest absolute Gasteiger partial charge is 0.463 e. The maximum absolute atomic E-state index is 11.5. The molecule has 1 aliphatic heterocycles. The highest BCUT2D eigenvalue weighted by atomic mass is 16.7. The molecule has 1 aromatic rings. The predicted octanol–water partition coefficient (Wildman–Crippen LogP) is 0.481. The zero-order valence-electron chi connectivity index (χ0n) is 17.7. The first-order valence-electron chi connectivity index (χ1n) is 9.81. The maximum Gasteiger partial charge on any atom is 0.306 e. The van der Waals surface area contributed by atoms with Crippen molar-refractivity contribution >= 4 is 23.8 Å². The average Bonchev–Trinajstić information content (AvgIpc) is 3.06. The van der Waals surface area contributed by atoms with E-state index in [9.17, 15) is 24.3 Å². The van der Waals surface area contributed by atoms with Crippen molar-refractivity contribution in [2.75, 3.05) is 6.61 Å². The van der Waals surface area contributed by atoms with Crippen molar-refractivity contribution in [2.45, 2.75) is 64.6 Å². The van der Waals surface area contributed by atoms with Gasteiger partial charge in [-0.15, -0.1) is 0 Å². The summed E-state index contributed by atoms with van der Waals surface area (Å²) in [5, 5.41) is 9.85. The summed E-state index contributed by atoms with van der Waals surface area (Å²) in [6, 6.07) is 3.29. The van der Waals surface area contributed by atoms with Crippen molar-refractivity contribution in [3.63, 3.8) is 0 Å². The number of pyridine rings is 1. The molecule has 3 N–H and O–H groups in total. The third kappa shape index (κ3) is 8.69. The molecule has 0 spiro atoms. The van der Waals surface area contributed by atoms with E-state index in [0.29, 0.717) is 5.56 Å². The fourth-order valence-electron chi connectivity index (χ4n) is 2.37. The number of carbonyl (C=O) groups is 4. The molecule has 1 aromatic heterocycles. The number of aromatic nitrogens is 1. The zero-order valence-corrected chi connectivity index (χ0v) is 17.7. The molecule has 1 fully saturated rings.